The van der Waals surface area contributed by atoms with Crippen molar-refractivity contribution in [3.8, 4) is 0 Å². The molecule has 0 atom stereocenters. The molecule has 0 aliphatic rings. The largest absolute Gasteiger partial charge is 0.452 e. The summed E-state index contributed by atoms with van der Waals surface area (Å²) >= 11 is 0. The van der Waals surface area contributed by atoms with Crippen molar-refractivity contribution in [3.63, 3.8) is 0 Å². The quantitative estimate of drug-likeness (QED) is 0.505. The SMILES string of the molecule is CCCCCCCCOC(=O)N=NC(=O)OC. The van der Waals surface area contributed by atoms with Crippen LogP contribution in [-0.2, 0) is 9.47 Å². The molecule has 0 saturated heterocycles. The van der Waals surface area contributed by atoms with E-state index in [0.717, 1.165) is 26.4 Å². The second-order valence-electron chi connectivity index (χ2n) is 3.55. The smallest absolute Gasteiger partial charge is 0.450 e. The molecule has 0 saturated carbocycles. The van der Waals surface area contributed by atoms with Crippen molar-refractivity contribution in [2.45, 2.75) is 45.4 Å². The predicted octanol–water partition coefficient (Wildman–Crippen LogP) is 3.70. The van der Waals surface area contributed by atoms with Gasteiger partial charge in [0.05, 0.1) is 13.7 Å². The van der Waals surface area contributed by atoms with Crippen molar-refractivity contribution in [1.82, 2.24) is 0 Å². The lowest BCUT2D eigenvalue weighted by molar-refractivity contribution is 0.150. The summed E-state index contributed by atoms with van der Waals surface area (Å²) in [7, 11) is 1.16. The highest BCUT2D eigenvalue weighted by Gasteiger charge is 2.01. The van der Waals surface area contributed by atoms with Crippen LogP contribution in [0.5, 0.6) is 0 Å². The number of amides is 2. The molecular weight excluding hydrogens is 224 g/mol. The zero-order valence-electron chi connectivity index (χ0n) is 10.5. The van der Waals surface area contributed by atoms with Gasteiger partial charge in [0, 0.05) is 0 Å². The molecule has 0 unspecified atom stereocenters. The number of nitrogens with zero attached hydrogens (tertiary/aromatic N) is 2. The minimum atomic E-state index is -0.915. The number of azo groups is 1. The van der Waals surface area contributed by atoms with E-state index in [1.807, 2.05) is 0 Å². The highest BCUT2D eigenvalue weighted by atomic mass is 16.6. The van der Waals surface area contributed by atoms with Crippen LogP contribution in [0.3, 0.4) is 0 Å². The molecule has 6 nitrogen and oxygen atoms in total. The summed E-state index contributed by atoms with van der Waals surface area (Å²) in [4.78, 5) is 21.4. The molecule has 0 bridgehead atoms. The number of hydrogen-bond donors (Lipinski definition) is 0. The Morgan fingerprint density at radius 2 is 1.53 bits per heavy atom. The van der Waals surface area contributed by atoms with E-state index in [4.69, 9.17) is 4.74 Å². The maximum atomic E-state index is 10.9. The lowest BCUT2D eigenvalue weighted by atomic mass is 10.1. The van der Waals surface area contributed by atoms with Crippen LogP contribution in [0.4, 0.5) is 9.59 Å². The summed E-state index contributed by atoms with van der Waals surface area (Å²) in [6, 6.07) is 0. The highest BCUT2D eigenvalue weighted by Crippen LogP contribution is 2.05. The van der Waals surface area contributed by atoms with Gasteiger partial charge in [0.1, 0.15) is 0 Å². The number of rotatable bonds is 7. The Hall–Kier alpha value is -1.46. The molecule has 0 aliphatic heterocycles. The number of methoxy groups -OCH3 is 1. The van der Waals surface area contributed by atoms with Gasteiger partial charge in [-0.25, -0.2) is 9.59 Å². The Morgan fingerprint density at radius 3 is 2.18 bits per heavy atom. The van der Waals surface area contributed by atoms with Crippen LogP contribution in [0, 0.1) is 0 Å². The number of ether oxygens (including phenoxy) is 2. The molecule has 0 radical (unpaired) electrons. The van der Waals surface area contributed by atoms with Crippen LogP contribution >= 0.6 is 0 Å². The van der Waals surface area contributed by atoms with Crippen molar-refractivity contribution in [2.24, 2.45) is 10.2 Å². The lowest BCUT2D eigenvalue weighted by Crippen LogP contribution is -2.01. The van der Waals surface area contributed by atoms with E-state index in [2.05, 4.69) is 21.9 Å². The average Bonchev–Trinajstić information content (AvgIpc) is 2.34. The molecule has 0 aromatic rings. The van der Waals surface area contributed by atoms with Crippen LogP contribution in [0.25, 0.3) is 0 Å². The fraction of sp³-hybridized carbons (Fsp3) is 0.818. The monoisotopic (exact) mass is 244 g/mol. The third kappa shape index (κ3) is 10.8. The van der Waals surface area contributed by atoms with Gasteiger partial charge in [0.2, 0.25) is 0 Å². The standard InChI is InChI=1S/C11H20N2O4/c1-3-4-5-6-7-8-9-17-11(15)13-12-10(14)16-2/h3-9H2,1-2H3. The van der Waals surface area contributed by atoms with Crippen molar-refractivity contribution in [2.75, 3.05) is 13.7 Å². The zero-order valence-corrected chi connectivity index (χ0v) is 10.5. The molecule has 0 aromatic carbocycles. The first-order chi connectivity index (χ1) is 8.20. The Morgan fingerprint density at radius 1 is 0.941 bits per heavy atom. The topological polar surface area (TPSA) is 77.3 Å². The molecule has 17 heavy (non-hydrogen) atoms. The molecule has 0 aromatic heterocycles. The summed E-state index contributed by atoms with van der Waals surface area (Å²) < 4.78 is 8.91. The predicted molar refractivity (Wildman–Crippen MR) is 62.0 cm³/mol. The zero-order chi connectivity index (χ0) is 12.9. The summed E-state index contributed by atoms with van der Waals surface area (Å²) in [6.07, 6.45) is 4.88. The van der Waals surface area contributed by atoms with E-state index in [0.29, 0.717) is 6.61 Å². The molecule has 0 aliphatic carbocycles. The lowest BCUT2D eigenvalue weighted by Gasteiger charge is -2.00. The average molecular weight is 244 g/mol. The first-order valence-corrected chi connectivity index (χ1v) is 5.87. The van der Waals surface area contributed by atoms with Crippen LogP contribution in [0.1, 0.15) is 45.4 Å². The molecule has 0 N–H and O–H groups in total. The third-order valence-electron chi connectivity index (χ3n) is 2.11. The third-order valence-corrected chi connectivity index (χ3v) is 2.11. The van der Waals surface area contributed by atoms with Gasteiger partial charge < -0.3 is 9.47 Å². The van der Waals surface area contributed by atoms with E-state index in [9.17, 15) is 9.59 Å². The maximum absolute atomic E-state index is 10.9. The molecular formula is C11H20N2O4. The molecule has 0 fully saturated rings. The second-order valence-corrected chi connectivity index (χ2v) is 3.55. The fourth-order valence-electron chi connectivity index (χ4n) is 1.19. The highest BCUT2D eigenvalue weighted by molar-refractivity contribution is 5.72. The van der Waals surface area contributed by atoms with Gasteiger partial charge in [-0.05, 0) is 6.42 Å². The Labute approximate surface area is 101 Å². The van der Waals surface area contributed by atoms with E-state index < -0.39 is 12.2 Å². The Kier molecular flexibility index (Phi) is 10.1. The Bertz CT molecular complexity index is 254. The molecule has 0 rings (SSSR count). The minimum absolute atomic E-state index is 0.311. The van der Waals surface area contributed by atoms with Crippen molar-refractivity contribution in [3.05, 3.63) is 0 Å². The van der Waals surface area contributed by atoms with Crippen molar-refractivity contribution < 1.29 is 19.1 Å². The van der Waals surface area contributed by atoms with E-state index in [-0.39, 0.29) is 0 Å². The fourth-order valence-corrected chi connectivity index (χ4v) is 1.19. The van der Waals surface area contributed by atoms with Gasteiger partial charge in [0.15, 0.2) is 0 Å². The number of unbranched alkanes of at least 4 members (excludes halogenated alkanes) is 5. The maximum Gasteiger partial charge on any atom is 0.452 e. The van der Waals surface area contributed by atoms with Gasteiger partial charge in [-0.15, -0.1) is 0 Å². The molecule has 0 spiro atoms. The molecule has 6 heteroatoms. The van der Waals surface area contributed by atoms with Crippen LogP contribution < -0.4 is 0 Å². The first kappa shape index (κ1) is 15.5. The van der Waals surface area contributed by atoms with Crippen LogP contribution in [0.15, 0.2) is 10.2 Å². The van der Waals surface area contributed by atoms with Crippen LogP contribution in [0.2, 0.25) is 0 Å². The summed E-state index contributed by atoms with van der Waals surface area (Å²) in [5.41, 5.74) is 0. The number of carbonyl (C=O) groups excluding carboxylic acids is 2. The summed E-state index contributed by atoms with van der Waals surface area (Å²) in [6.45, 7) is 2.47. The van der Waals surface area contributed by atoms with Crippen LogP contribution in [-0.4, -0.2) is 25.9 Å². The van der Waals surface area contributed by atoms with Gasteiger partial charge in [-0.3, -0.25) is 0 Å². The van der Waals surface area contributed by atoms with E-state index in [1.165, 1.54) is 19.3 Å². The number of carbonyl (C=O) groups is 2. The van der Waals surface area contributed by atoms with E-state index in [1.54, 1.807) is 0 Å². The van der Waals surface area contributed by atoms with Gasteiger partial charge >= 0.3 is 12.2 Å². The Balaban J connectivity index is 3.39. The first-order valence-electron chi connectivity index (χ1n) is 5.87. The van der Waals surface area contributed by atoms with Gasteiger partial charge in [-0.2, -0.15) is 0 Å². The van der Waals surface area contributed by atoms with Gasteiger partial charge in [0.25, 0.3) is 0 Å². The minimum Gasteiger partial charge on any atom is -0.450 e. The van der Waals surface area contributed by atoms with Gasteiger partial charge in [-0.1, -0.05) is 49.3 Å². The number of hydrogen-bond acceptors (Lipinski definition) is 4. The van der Waals surface area contributed by atoms with Crippen molar-refractivity contribution in [1.29, 1.82) is 0 Å². The molecule has 0 heterocycles. The normalized spacial score (nSPS) is 10.5. The second kappa shape index (κ2) is 11.0. The summed E-state index contributed by atoms with van der Waals surface area (Å²) in [5.74, 6) is 0. The molecule has 98 valence electrons. The molecule has 2 amide bonds. The van der Waals surface area contributed by atoms with Crippen molar-refractivity contribution >= 4 is 12.2 Å². The van der Waals surface area contributed by atoms with E-state index >= 15 is 0 Å². The summed E-state index contributed by atoms with van der Waals surface area (Å²) in [5, 5.41) is 6.00.